The maximum Gasteiger partial charge on any atom is 0.435 e. The minimum absolute atomic E-state index is 0.0565. The molecular weight excluding hydrogens is 357 g/mol. The van der Waals surface area contributed by atoms with Gasteiger partial charge in [0.15, 0.2) is 15.5 Å². The first-order chi connectivity index (χ1) is 10.7. The third-order valence-electron chi connectivity index (χ3n) is 3.64. The molecule has 2 heterocycles. The maximum absolute atomic E-state index is 13.1. The number of hydrogen-bond acceptors (Lipinski definition) is 4. The SMILES string of the molecule is Cn1nc(C(F)(F)F)c(CS(=O)(=O)C2=CNC(C)(C)C2)c1C(F)F. The van der Waals surface area contributed by atoms with Gasteiger partial charge in [0.05, 0.1) is 10.7 Å². The highest BCUT2D eigenvalue weighted by molar-refractivity contribution is 7.94. The summed E-state index contributed by atoms with van der Waals surface area (Å²) in [6.07, 6.45) is -7.06. The number of nitrogens with zero attached hydrogens (tertiary/aromatic N) is 2. The highest BCUT2D eigenvalue weighted by Gasteiger charge is 2.42. The predicted molar refractivity (Wildman–Crippen MR) is 75.7 cm³/mol. The molecule has 5 nitrogen and oxygen atoms in total. The van der Waals surface area contributed by atoms with Crippen LogP contribution < -0.4 is 5.32 Å². The van der Waals surface area contributed by atoms with E-state index < -0.39 is 50.7 Å². The van der Waals surface area contributed by atoms with Gasteiger partial charge >= 0.3 is 6.18 Å². The van der Waals surface area contributed by atoms with Crippen LogP contribution in [0.1, 0.15) is 43.6 Å². The summed E-state index contributed by atoms with van der Waals surface area (Å²) in [5.41, 5.74) is -4.23. The first-order valence-electron chi connectivity index (χ1n) is 6.85. The number of halogens is 5. The van der Waals surface area contributed by atoms with Gasteiger partial charge in [-0.3, -0.25) is 4.68 Å². The number of sulfone groups is 1. The first-order valence-corrected chi connectivity index (χ1v) is 8.50. The van der Waals surface area contributed by atoms with Crippen LogP contribution in [0, 0.1) is 0 Å². The fourth-order valence-corrected chi connectivity index (χ4v) is 4.19. The quantitative estimate of drug-likeness (QED) is 0.825. The molecule has 0 radical (unpaired) electrons. The molecule has 0 amide bonds. The normalized spacial score (nSPS) is 18.0. The molecular formula is C13H16F5N3O2S. The van der Waals surface area contributed by atoms with Crippen LogP contribution in [-0.4, -0.2) is 23.7 Å². The Labute approximate surface area is 135 Å². The van der Waals surface area contributed by atoms with E-state index in [0.29, 0.717) is 4.68 Å². The summed E-state index contributed by atoms with van der Waals surface area (Å²) in [6.45, 7) is 3.42. The van der Waals surface area contributed by atoms with E-state index in [9.17, 15) is 30.4 Å². The van der Waals surface area contributed by atoms with Gasteiger partial charge in [-0.05, 0) is 13.8 Å². The predicted octanol–water partition coefficient (Wildman–Crippen LogP) is 2.90. The molecule has 1 aliphatic rings. The Balaban J connectivity index is 2.49. The van der Waals surface area contributed by atoms with Crippen LogP contribution in [0.3, 0.4) is 0 Å². The molecule has 0 unspecified atom stereocenters. The van der Waals surface area contributed by atoms with Crippen molar-refractivity contribution in [3.8, 4) is 0 Å². The van der Waals surface area contributed by atoms with Gasteiger partial charge in [0.2, 0.25) is 0 Å². The van der Waals surface area contributed by atoms with Crippen LogP contribution in [-0.2, 0) is 28.8 Å². The summed E-state index contributed by atoms with van der Waals surface area (Å²) in [7, 11) is -3.27. The van der Waals surface area contributed by atoms with Crippen molar-refractivity contribution in [1.82, 2.24) is 15.1 Å². The van der Waals surface area contributed by atoms with E-state index in [1.807, 2.05) is 0 Å². The van der Waals surface area contributed by atoms with Crippen LogP contribution in [0.2, 0.25) is 0 Å². The van der Waals surface area contributed by atoms with Gasteiger partial charge in [0.25, 0.3) is 6.43 Å². The van der Waals surface area contributed by atoms with Crippen molar-refractivity contribution in [3.63, 3.8) is 0 Å². The lowest BCUT2D eigenvalue weighted by atomic mass is 10.0. The first kappa shape index (κ1) is 18.7. The van der Waals surface area contributed by atoms with Crippen molar-refractivity contribution in [1.29, 1.82) is 0 Å². The second-order valence-corrected chi connectivity index (χ2v) is 8.25. The van der Waals surface area contributed by atoms with Crippen molar-refractivity contribution >= 4 is 9.84 Å². The van der Waals surface area contributed by atoms with Crippen molar-refractivity contribution < 1.29 is 30.4 Å². The Bertz CT molecular complexity index is 778. The standard InChI is InChI=1S/C13H16F5N3O2S/c1-12(2)4-7(5-19-12)24(22,23)6-8-9(11(14)15)21(3)20-10(8)13(16,17)18/h5,11,19H,4,6H2,1-3H3. The smallest absolute Gasteiger partial charge is 0.385 e. The van der Waals surface area contributed by atoms with Crippen molar-refractivity contribution in [2.75, 3.05) is 0 Å². The number of aromatic nitrogens is 2. The van der Waals surface area contributed by atoms with Crippen molar-refractivity contribution in [2.45, 2.75) is 44.2 Å². The summed E-state index contributed by atoms with van der Waals surface area (Å²) >= 11 is 0. The Morgan fingerprint density at radius 1 is 1.38 bits per heavy atom. The average Bonchev–Trinajstić information content (AvgIpc) is 2.89. The van der Waals surface area contributed by atoms with Crippen LogP contribution in [0.5, 0.6) is 0 Å². The van der Waals surface area contributed by atoms with Crippen molar-refractivity contribution in [3.05, 3.63) is 28.1 Å². The molecule has 0 fully saturated rings. The third kappa shape index (κ3) is 3.55. The van der Waals surface area contributed by atoms with E-state index in [1.165, 1.54) is 6.20 Å². The van der Waals surface area contributed by atoms with E-state index >= 15 is 0 Å². The van der Waals surface area contributed by atoms with Gasteiger partial charge in [-0.15, -0.1) is 0 Å². The highest BCUT2D eigenvalue weighted by atomic mass is 32.2. The van der Waals surface area contributed by atoms with E-state index in [1.54, 1.807) is 13.8 Å². The number of nitrogens with one attached hydrogen (secondary N) is 1. The molecule has 136 valence electrons. The zero-order valence-electron chi connectivity index (χ0n) is 13.1. The molecule has 0 bridgehead atoms. The van der Waals surface area contributed by atoms with Gasteiger partial charge in [-0.2, -0.15) is 18.3 Å². The highest BCUT2D eigenvalue weighted by Crippen LogP contribution is 2.38. The lowest BCUT2D eigenvalue weighted by Gasteiger charge is -2.18. The molecule has 0 spiro atoms. The minimum atomic E-state index is -5.03. The van der Waals surface area contributed by atoms with Gasteiger partial charge in [0, 0.05) is 30.8 Å². The lowest BCUT2D eigenvalue weighted by Crippen LogP contribution is -2.30. The Morgan fingerprint density at radius 2 is 1.96 bits per heavy atom. The Hall–Kier alpha value is -1.65. The second kappa shape index (κ2) is 5.71. The van der Waals surface area contributed by atoms with E-state index in [2.05, 4.69) is 10.4 Å². The minimum Gasteiger partial charge on any atom is -0.385 e. The average molecular weight is 373 g/mol. The molecule has 11 heteroatoms. The fourth-order valence-electron chi connectivity index (χ4n) is 2.52. The molecule has 0 atom stereocenters. The number of hydrogen-bond donors (Lipinski definition) is 1. The molecule has 0 aliphatic carbocycles. The van der Waals surface area contributed by atoms with Gasteiger partial charge in [-0.25, -0.2) is 17.2 Å². The zero-order chi connectivity index (χ0) is 18.5. The number of rotatable bonds is 4. The molecule has 24 heavy (non-hydrogen) atoms. The number of aryl methyl sites for hydroxylation is 1. The van der Waals surface area contributed by atoms with Crippen LogP contribution in [0.4, 0.5) is 22.0 Å². The molecule has 0 aromatic carbocycles. The van der Waals surface area contributed by atoms with Crippen LogP contribution >= 0.6 is 0 Å². The molecule has 2 rings (SSSR count). The monoisotopic (exact) mass is 373 g/mol. The topological polar surface area (TPSA) is 64.0 Å². The van der Waals surface area contributed by atoms with Crippen molar-refractivity contribution in [2.24, 2.45) is 7.05 Å². The molecule has 1 aromatic rings. The van der Waals surface area contributed by atoms with E-state index in [4.69, 9.17) is 0 Å². The Kier molecular flexibility index (Phi) is 4.45. The van der Waals surface area contributed by atoms with Gasteiger partial charge in [-0.1, -0.05) is 0 Å². The van der Waals surface area contributed by atoms with E-state index in [-0.39, 0.29) is 11.3 Å². The summed E-state index contributed by atoms with van der Waals surface area (Å²) in [5, 5.41) is 5.85. The van der Waals surface area contributed by atoms with Crippen LogP contribution in [0.25, 0.3) is 0 Å². The summed E-state index contributed by atoms with van der Waals surface area (Å²) in [4.78, 5) is -0.121. The zero-order valence-corrected chi connectivity index (χ0v) is 13.9. The van der Waals surface area contributed by atoms with Gasteiger partial charge < -0.3 is 5.32 Å². The third-order valence-corrected chi connectivity index (χ3v) is 5.37. The van der Waals surface area contributed by atoms with Gasteiger partial charge in [0.1, 0.15) is 5.69 Å². The molecule has 1 aliphatic heterocycles. The van der Waals surface area contributed by atoms with Crippen LogP contribution in [0.15, 0.2) is 11.1 Å². The maximum atomic E-state index is 13.1. The van der Waals surface area contributed by atoms with E-state index in [0.717, 1.165) is 7.05 Å². The summed E-state index contributed by atoms with van der Waals surface area (Å²) in [6, 6.07) is 0. The Morgan fingerprint density at radius 3 is 2.38 bits per heavy atom. The summed E-state index contributed by atoms with van der Waals surface area (Å²) < 4.78 is 90.5. The summed E-state index contributed by atoms with van der Waals surface area (Å²) in [5.74, 6) is -1.18. The lowest BCUT2D eigenvalue weighted by molar-refractivity contribution is -0.141. The largest absolute Gasteiger partial charge is 0.435 e. The fraction of sp³-hybridized carbons (Fsp3) is 0.615. The molecule has 0 saturated carbocycles. The molecule has 1 N–H and O–H groups in total. The second-order valence-electron chi connectivity index (χ2n) is 6.21. The number of alkyl halides is 5. The molecule has 1 aromatic heterocycles. The molecule has 0 saturated heterocycles.